The van der Waals surface area contributed by atoms with Gasteiger partial charge in [0.2, 0.25) is 0 Å². The maximum absolute atomic E-state index is 2.33. The van der Waals surface area contributed by atoms with Crippen LogP contribution in [0.1, 0.15) is 0 Å². The van der Waals surface area contributed by atoms with Crippen LogP contribution in [0.4, 0.5) is 0 Å². The van der Waals surface area contributed by atoms with E-state index in [0.29, 0.717) is 0 Å². The number of hydrogen-bond donors (Lipinski definition) is 0. The Morgan fingerprint density at radius 1 is 0.923 bits per heavy atom. The molecule has 2 rings (SSSR count). The number of fused-ring (bicyclic) bond motifs is 1. The Kier molecular flexibility index (Phi) is 1.97. The zero-order valence-electron chi connectivity index (χ0n) is 8.33. The molecular formula is C12H16N+. The summed E-state index contributed by atoms with van der Waals surface area (Å²) in [5, 5.41) is 2.76. The summed E-state index contributed by atoms with van der Waals surface area (Å²) in [4.78, 5) is 0. The van der Waals surface area contributed by atoms with Gasteiger partial charge in [-0.25, -0.2) is 0 Å². The highest BCUT2D eigenvalue weighted by Gasteiger charge is 2.12. The Balaban J connectivity index is 2.59. The van der Waals surface area contributed by atoms with Crippen molar-refractivity contribution in [2.75, 3.05) is 27.2 Å². The van der Waals surface area contributed by atoms with E-state index in [1.165, 1.54) is 10.4 Å². The van der Waals surface area contributed by atoms with Gasteiger partial charge in [0.05, 0.1) is 27.2 Å². The molecule has 0 aromatic heterocycles. The Hall–Kier alpha value is -1.08. The van der Waals surface area contributed by atoms with Gasteiger partial charge in [0.15, 0.2) is 0 Å². The van der Waals surface area contributed by atoms with Crippen LogP contribution < -0.4 is 10.4 Å². The van der Waals surface area contributed by atoms with E-state index in [9.17, 15) is 0 Å². The van der Waals surface area contributed by atoms with Crippen LogP contribution in [-0.2, 0) is 0 Å². The molecule has 1 aromatic carbocycles. The molecule has 0 atom stereocenters. The van der Waals surface area contributed by atoms with Crippen LogP contribution in [-0.4, -0.2) is 31.7 Å². The van der Waals surface area contributed by atoms with Crippen molar-refractivity contribution in [1.82, 2.24) is 0 Å². The highest BCUT2D eigenvalue weighted by Crippen LogP contribution is 1.98. The van der Waals surface area contributed by atoms with Crippen molar-refractivity contribution >= 4 is 12.2 Å². The van der Waals surface area contributed by atoms with Crippen LogP contribution in [0.25, 0.3) is 12.2 Å². The third-order valence-corrected chi connectivity index (χ3v) is 2.61. The molecule has 0 aliphatic carbocycles. The molecular weight excluding hydrogens is 158 g/mol. The summed E-state index contributed by atoms with van der Waals surface area (Å²) in [5.41, 5.74) is 0. The molecule has 1 nitrogen and oxygen atoms in total. The average Bonchev–Trinajstić information content (AvgIpc) is 2.27. The van der Waals surface area contributed by atoms with Gasteiger partial charge >= 0.3 is 0 Å². The molecule has 1 aromatic rings. The van der Waals surface area contributed by atoms with E-state index in [1.54, 1.807) is 0 Å². The second-order valence-electron chi connectivity index (χ2n) is 4.34. The van der Waals surface area contributed by atoms with Crippen LogP contribution in [0.3, 0.4) is 0 Å². The molecule has 0 amide bonds. The van der Waals surface area contributed by atoms with Crippen molar-refractivity contribution in [3.63, 3.8) is 0 Å². The fourth-order valence-electron chi connectivity index (χ4n) is 1.65. The van der Waals surface area contributed by atoms with E-state index < -0.39 is 0 Å². The number of quaternary nitrogens is 1. The fraction of sp³-hybridized carbons (Fsp3) is 0.333. The Morgan fingerprint density at radius 3 is 1.85 bits per heavy atom. The molecule has 0 saturated heterocycles. The first-order valence-electron chi connectivity index (χ1n) is 4.75. The van der Waals surface area contributed by atoms with E-state index in [2.05, 4.69) is 50.5 Å². The fourth-order valence-corrected chi connectivity index (χ4v) is 1.65. The lowest BCUT2D eigenvalue weighted by Gasteiger charge is -2.25. The van der Waals surface area contributed by atoms with Gasteiger partial charge in [0.1, 0.15) is 0 Å². The molecule has 1 heteroatoms. The van der Waals surface area contributed by atoms with Crippen LogP contribution in [0.15, 0.2) is 24.3 Å². The summed E-state index contributed by atoms with van der Waals surface area (Å²) in [6, 6.07) is 8.59. The quantitative estimate of drug-likeness (QED) is 0.497. The first-order valence-corrected chi connectivity index (χ1v) is 4.75. The van der Waals surface area contributed by atoms with E-state index in [-0.39, 0.29) is 0 Å². The highest BCUT2D eigenvalue weighted by molar-refractivity contribution is 5.34. The first-order chi connectivity index (χ1) is 6.17. The van der Waals surface area contributed by atoms with Crippen LogP contribution in [0.5, 0.6) is 0 Å². The van der Waals surface area contributed by atoms with Gasteiger partial charge in [0.25, 0.3) is 0 Å². The van der Waals surface area contributed by atoms with Crippen molar-refractivity contribution < 1.29 is 4.48 Å². The lowest BCUT2D eigenvalue weighted by Crippen LogP contribution is -2.39. The molecule has 0 fully saturated rings. The minimum atomic E-state index is 1.05. The van der Waals surface area contributed by atoms with Crippen molar-refractivity contribution in [3.8, 4) is 0 Å². The molecule has 13 heavy (non-hydrogen) atoms. The summed E-state index contributed by atoms with van der Waals surface area (Å²) >= 11 is 0. The van der Waals surface area contributed by atoms with Gasteiger partial charge in [-0.1, -0.05) is 24.3 Å². The molecule has 1 aliphatic rings. The molecule has 0 N–H and O–H groups in total. The minimum Gasteiger partial charge on any atom is -0.322 e. The molecule has 68 valence electrons. The molecule has 0 radical (unpaired) electrons. The predicted molar refractivity (Wildman–Crippen MR) is 56.5 cm³/mol. The number of hydrogen-bond acceptors (Lipinski definition) is 0. The number of nitrogens with zero attached hydrogens (tertiary/aromatic N) is 1. The molecule has 1 heterocycles. The Labute approximate surface area is 79.2 Å². The second-order valence-corrected chi connectivity index (χ2v) is 4.34. The summed E-state index contributed by atoms with van der Waals surface area (Å²) in [6.45, 7) is 2.24. The lowest BCUT2D eigenvalue weighted by atomic mass is 10.2. The van der Waals surface area contributed by atoms with Crippen molar-refractivity contribution in [3.05, 3.63) is 34.7 Å². The Bertz CT molecular complexity index is 376. The van der Waals surface area contributed by atoms with Crippen molar-refractivity contribution in [2.24, 2.45) is 0 Å². The van der Waals surface area contributed by atoms with E-state index >= 15 is 0 Å². The first kappa shape index (κ1) is 8.52. The Morgan fingerprint density at radius 2 is 1.38 bits per heavy atom. The van der Waals surface area contributed by atoms with Crippen LogP contribution >= 0.6 is 0 Å². The van der Waals surface area contributed by atoms with E-state index in [1.807, 2.05) is 0 Å². The summed E-state index contributed by atoms with van der Waals surface area (Å²) in [5.74, 6) is 0. The maximum Gasteiger partial charge on any atom is 0.0981 e. The predicted octanol–water partition coefficient (Wildman–Crippen LogP) is 0.338. The smallest absolute Gasteiger partial charge is 0.0981 e. The highest BCUT2D eigenvalue weighted by atomic mass is 15.3. The van der Waals surface area contributed by atoms with Gasteiger partial charge in [-0.05, 0) is 22.6 Å². The zero-order valence-corrected chi connectivity index (χ0v) is 8.33. The summed E-state index contributed by atoms with van der Waals surface area (Å²) < 4.78 is 1.05. The summed E-state index contributed by atoms with van der Waals surface area (Å²) in [6.07, 6.45) is 4.66. The van der Waals surface area contributed by atoms with E-state index in [0.717, 1.165) is 17.6 Å². The van der Waals surface area contributed by atoms with Gasteiger partial charge in [-0.15, -0.1) is 0 Å². The average molecular weight is 174 g/mol. The monoisotopic (exact) mass is 174 g/mol. The van der Waals surface area contributed by atoms with Gasteiger partial charge in [-0.2, -0.15) is 0 Å². The zero-order chi connectivity index (χ0) is 9.31. The molecule has 0 bridgehead atoms. The molecule has 1 aliphatic heterocycles. The van der Waals surface area contributed by atoms with Gasteiger partial charge in [-0.3, -0.25) is 0 Å². The second kappa shape index (κ2) is 3.00. The standard InChI is InChI=1S/C12H16N/c1-13(2)9-7-11-5-3-4-6-12(11)8-10-13/h3-8H,9-10H2,1-2H3/q+1. The third kappa shape index (κ3) is 1.81. The number of rotatable bonds is 0. The van der Waals surface area contributed by atoms with Crippen LogP contribution in [0.2, 0.25) is 0 Å². The van der Waals surface area contributed by atoms with Gasteiger partial charge < -0.3 is 4.48 Å². The largest absolute Gasteiger partial charge is 0.322 e. The summed E-state index contributed by atoms with van der Waals surface area (Å²) in [7, 11) is 4.53. The number of benzene rings is 1. The molecule has 0 saturated carbocycles. The topological polar surface area (TPSA) is 0 Å². The minimum absolute atomic E-state index is 1.05. The maximum atomic E-state index is 2.33. The van der Waals surface area contributed by atoms with Crippen molar-refractivity contribution in [1.29, 1.82) is 0 Å². The van der Waals surface area contributed by atoms with E-state index in [4.69, 9.17) is 0 Å². The normalized spacial score (nSPS) is 19.2. The molecule has 0 unspecified atom stereocenters. The van der Waals surface area contributed by atoms with Crippen molar-refractivity contribution in [2.45, 2.75) is 0 Å². The van der Waals surface area contributed by atoms with Gasteiger partial charge in [0, 0.05) is 0 Å². The lowest BCUT2D eigenvalue weighted by molar-refractivity contribution is -0.873. The SMILES string of the molecule is C[N+]1(C)CC=c2ccccc2=CC1. The van der Waals surface area contributed by atoms with Crippen LogP contribution in [0, 0.1) is 0 Å². The molecule has 0 spiro atoms. The third-order valence-electron chi connectivity index (χ3n) is 2.61.